The Morgan fingerprint density at radius 3 is 2.65 bits per heavy atom. The molecule has 0 bridgehead atoms. The summed E-state index contributed by atoms with van der Waals surface area (Å²) >= 11 is 2.80. The topological polar surface area (TPSA) is 80.7 Å². The summed E-state index contributed by atoms with van der Waals surface area (Å²) in [6.07, 6.45) is 3.43. The number of pyridine rings is 1. The van der Waals surface area contributed by atoms with Crippen LogP contribution in [-0.4, -0.2) is 31.8 Å². The van der Waals surface area contributed by atoms with Crippen LogP contribution in [0.1, 0.15) is 0 Å². The molecule has 0 saturated heterocycles. The van der Waals surface area contributed by atoms with Gasteiger partial charge in [-0.3, -0.25) is 9.78 Å². The average Bonchev–Trinajstić information content (AvgIpc) is 3.09. The van der Waals surface area contributed by atoms with Gasteiger partial charge in [-0.15, -0.1) is 10.2 Å². The maximum atomic E-state index is 12.1. The highest BCUT2D eigenvalue weighted by Gasteiger charge is 2.09. The smallest absolute Gasteiger partial charge is 0.236 e. The van der Waals surface area contributed by atoms with Crippen LogP contribution in [-0.2, 0) is 4.79 Å². The Kier molecular flexibility index (Phi) is 4.85. The first-order chi connectivity index (χ1) is 12.8. The third-order valence-electron chi connectivity index (χ3n) is 3.51. The van der Waals surface area contributed by atoms with Crippen LogP contribution in [0.4, 0.5) is 5.13 Å². The van der Waals surface area contributed by atoms with E-state index in [9.17, 15) is 4.79 Å². The molecule has 0 aliphatic heterocycles. The summed E-state index contributed by atoms with van der Waals surface area (Å²) in [6.45, 7) is 0. The highest BCUT2D eigenvalue weighted by molar-refractivity contribution is 7.99. The molecule has 128 valence electrons. The van der Waals surface area contributed by atoms with Crippen molar-refractivity contribution < 1.29 is 4.79 Å². The molecule has 4 aromatic rings. The molecule has 1 N–H and O–H groups in total. The van der Waals surface area contributed by atoms with Gasteiger partial charge in [0, 0.05) is 18.0 Å². The number of nitrogens with zero attached hydrogens (tertiary/aromatic N) is 4. The molecule has 0 radical (unpaired) electrons. The number of rotatable bonds is 5. The van der Waals surface area contributed by atoms with Crippen molar-refractivity contribution in [3.05, 3.63) is 60.9 Å². The molecule has 0 aliphatic rings. The summed E-state index contributed by atoms with van der Waals surface area (Å²) in [7, 11) is 0. The Hall–Kier alpha value is -2.84. The predicted molar refractivity (Wildman–Crippen MR) is 104 cm³/mol. The number of thiazole rings is 1. The molecule has 0 aliphatic carbocycles. The zero-order valence-electron chi connectivity index (χ0n) is 13.5. The normalized spacial score (nSPS) is 10.8. The Labute approximate surface area is 157 Å². The average molecular weight is 379 g/mol. The molecule has 26 heavy (non-hydrogen) atoms. The van der Waals surface area contributed by atoms with Gasteiger partial charge in [0.25, 0.3) is 0 Å². The number of amides is 1. The van der Waals surface area contributed by atoms with Crippen molar-refractivity contribution in [2.75, 3.05) is 11.1 Å². The van der Waals surface area contributed by atoms with Crippen LogP contribution in [0, 0.1) is 0 Å². The fraction of sp³-hybridized carbons (Fsp3) is 0.0556. The van der Waals surface area contributed by atoms with Crippen LogP contribution in [0.2, 0.25) is 0 Å². The number of aromatic nitrogens is 4. The molecule has 0 atom stereocenters. The van der Waals surface area contributed by atoms with Crippen LogP contribution in [0.5, 0.6) is 0 Å². The molecular weight excluding hydrogens is 366 g/mol. The highest BCUT2D eigenvalue weighted by atomic mass is 32.2. The van der Waals surface area contributed by atoms with Crippen molar-refractivity contribution >= 4 is 44.4 Å². The van der Waals surface area contributed by atoms with E-state index >= 15 is 0 Å². The molecule has 1 aromatic carbocycles. The Morgan fingerprint density at radius 1 is 1.04 bits per heavy atom. The summed E-state index contributed by atoms with van der Waals surface area (Å²) in [6, 6.07) is 15.3. The number of fused-ring (bicyclic) bond motifs is 1. The first-order valence-corrected chi connectivity index (χ1v) is 9.60. The van der Waals surface area contributed by atoms with Gasteiger partial charge in [0.2, 0.25) is 5.91 Å². The zero-order chi connectivity index (χ0) is 17.8. The number of hydrogen-bond acceptors (Lipinski definition) is 7. The lowest BCUT2D eigenvalue weighted by atomic mass is 10.2. The van der Waals surface area contributed by atoms with E-state index in [4.69, 9.17) is 0 Å². The Balaban J connectivity index is 1.35. The minimum atomic E-state index is -0.117. The molecule has 0 saturated carbocycles. The lowest BCUT2D eigenvalue weighted by Crippen LogP contribution is -2.13. The molecule has 6 nitrogen and oxygen atoms in total. The van der Waals surface area contributed by atoms with E-state index in [0.29, 0.717) is 10.2 Å². The quantitative estimate of drug-likeness (QED) is 0.530. The minimum absolute atomic E-state index is 0.117. The molecule has 1 amide bonds. The largest absolute Gasteiger partial charge is 0.301 e. The maximum absolute atomic E-state index is 12.1. The molecule has 0 spiro atoms. The number of thioether (sulfide) groups is 1. The second kappa shape index (κ2) is 7.59. The van der Waals surface area contributed by atoms with E-state index in [-0.39, 0.29) is 11.7 Å². The van der Waals surface area contributed by atoms with E-state index in [0.717, 1.165) is 21.5 Å². The van der Waals surface area contributed by atoms with Crippen molar-refractivity contribution in [3.63, 3.8) is 0 Å². The highest BCUT2D eigenvalue weighted by Crippen LogP contribution is 2.26. The van der Waals surface area contributed by atoms with Gasteiger partial charge in [0.15, 0.2) is 5.13 Å². The van der Waals surface area contributed by atoms with Gasteiger partial charge in [-0.1, -0.05) is 35.2 Å². The minimum Gasteiger partial charge on any atom is -0.301 e. The molecule has 4 rings (SSSR count). The molecule has 0 unspecified atom stereocenters. The molecule has 0 fully saturated rings. The first kappa shape index (κ1) is 16.6. The summed E-state index contributed by atoms with van der Waals surface area (Å²) < 4.78 is 1.05. The lowest BCUT2D eigenvalue weighted by Gasteiger charge is -2.02. The Morgan fingerprint density at radius 2 is 1.88 bits per heavy atom. The van der Waals surface area contributed by atoms with E-state index in [2.05, 4.69) is 25.5 Å². The van der Waals surface area contributed by atoms with Crippen molar-refractivity contribution in [1.82, 2.24) is 20.2 Å². The fourth-order valence-corrected chi connectivity index (χ4v) is 3.79. The van der Waals surface area contributed by atoms with Crippen molar-refractivity contribution in [2.24, 2.45) is 0 Å². The van der Waals surface area contributed by atoms with E-state index in [1.54, 1.807) is 12.4 Å². The van der Waals surface area contributed by atoms with Crippen LogP contribution >= 0.6 is 23.1 Å². The second-order valence-electron chi connectivity index (χ2n) is 5.32. The Bertz CT molecular complexity index is 1000. The van der Waals surface area contributed by atoms with Gasteiger partial charge in [0.1, 0.15) is 5.03 Å². The summed E-state index contributed by atoms with van der Waals surface area (Å²) in [5.74, 6) is 0.133. The molecule has 8 heteroatoms. The van der Waals surface area contributed by atoms with Gasteiger partial charge in [0.05, 0.1) is 21.7 Å². The lowest BCUT2D eigenvalue weighted by molar-refractivity contribution is -0.113. The third kappa shape index (κ3) is 3.87. The number of para-hydroxylation sites is 1. The zero-order valence-corrected chi connectivity index (χ0v) is 15.1. The first-order valence-electron chi connectivity index (χ1n) is 7.80. The van der Waals surface area contributed by atoms with Crippen LogP contribution in [0.25, 0.3) is 21.5 Å². The third-order valence-corrected chi connectivity index (χ3v) is 5.38. The molecule has 3 aromatic heterocycles. The van der Waals surface area contributed by atoms with Crippen molar-refractivity contribution in [3.8, 4) is 11.3 Å². The number of carbonyl (C=O) groups excluding carboxylic acids is 1. The molecular formula is C18H13N5OS2. The van der Waals surface area contributed by atoms with Crippen molar-refractivity contribution in [2.45, 2.75) is 5.03 Å². The van der Waals surface area contributed by atoms with Gasteiger partial charge >= 0.3 is 0 Å². The SMILES string of the molecule is O=C(CSc1ccc(-c2ccncc2)nn1)Nc1nc2ccccc2s1. The van der Waals surface area contributed by atoms with Gasteiger partial charge in [-0.25, -0.2) is 4.98 Å². The standard InChI is InChI=1S/C18H13N5OS2/c24-16(21-18-20-14-3-1-2-4-15(14)26-18)11-25-17-6-5-13(22-23-17)12-7-9-19-10-8-12/h1-10H,11H2,(H,20,21,24). The summed E-state index contributed by atoms with van der Waals surface area (Å²) in [4.78, 5) is 20.5. The second-order valence-corrected chi connectivity index (χ2v) is 7.34. The van der Waals surface area contributed by atoms with Crippen LogP contribution in [0.15, 0.2) is 66.0 Å². The number of nitrogens with one attached hydrogen (secondary N) is 1. The van der Waals surface area contributed by atoms with E-state index in [1.807, 2.05) is 48.5 Å². The van der Waals surface area contributed by atoms with Crippen LogP contribution in [0.3, 0.4) is 0 Å². The summed E-state index contributed by atoms with van der Waals surface area (Å²) in [5, 5.41) is 12.5. The maximum Gasteiger partial charge on any atom is 0.236 e. The van der Waals surface area contributed by atoms with Gasteiger partial charge in [-0.05, 0) is 36.4 Å². The monoisotopic (exact) mass is 379 g/mol. The van der Waals surface area contributed by atoms with Crippen LogP contribution < -0.4 is 5.32 Å². The number of benzene rings is 1. The fourth-order valence-electron chi connectivity index (χ4n) is 2.29. The predicted octanol–water partition coefficient (Wildman–Crippen LogP) is 3.88. The van der Waals surface area contributed by atoms with Gasteiger partial charge < -0.3 is 5.32 Å². The summed E-state index contributed by atoms with van der Waals surface area (Å²) in [5.41, 5.74) is 2.62. The number of hydrogen-bond donors (Lipinski definition) is 1. The van der Waals surface area contributed by atoms with E-state index in [1.165, 1.54) is 23.1 Å². The number of carbonyl (C=O) groups is 1. The van der Waals surface area contributed by atoms with Crippen molar-refractivity contribution in [1.29, 1.82) is 0 Å². The van der Waals surface area contributed by atoms with E-state index < -0.39 is 0 Å². The number of anilines is 1. The molecule has 3 heterocycles. The van der Waals surface area contributed by atoms with Gasteiger partial charge in [-0.2, -0.15) is 0 Å².